The van der Waals surface area contributed by atoms with E-state index in [0.29, 0.717) is 12.5 Å². The molecule has 6 heteroatoms. The van der Waals surface area contributed by atoms with Crippen molar-refractivity contribution in [3.05, 3.63) is 22.4 Å². The summed E-state index contributed by atoms with van der Waals surface area (Å²) in [7, 11) is 0. The molecule has 4 N–H and O–H groups in total. The van der Waals surface area contributed by atoms with E-state index in [-0.39, 0.29) is 24.0 Å². The Balaban J connectivity index is 0.00000162. The highest BCUT2D eigenvalue weighted by molar-refractivity contribution is 14.0. The smallest absolute Gasteiger partial charge is 0.188 e. The van der Waals surface area contributed by atoms with Crippen LogP contribution in [0.2, 0.25) is 0 Å². The zero-order valence-corrected chi connectivity index (χ0v) is 13.4. The lowest BCUT2D eigenvalue weighted by atomic mass is 9.80. The average Bonchev–Trinajstić information content (AvgIpc) is 2.77. The van der Waals surface area contributed by atoms with Crippen molar-refractivity contribution in [2.24, 2.45) is 10.7 Å². The molecule has 1 heterocycles. The molecule has 1 aromatic heterocycles. The fourth-order valence-corrected chi connectivity index (χ4v) is 2.51. The largest absolute Gasteiger partial charge is 0.388 e. The molecule has 2 rings (SSSR count). The Labute approximate surface area is 129 Å². The summed E-state index contributed by atoms with van der Waals surface area (Å²) in [4.78, 5) is 5.51. The standard InChI is InChI=1S/C12H19N3OS.HI/c13-11(15-9-12(16)5-2-6-12)14-7-4-10-3-1-8-17-10;/h1,3,8,16H,2,4-7,9H2,(H3,13,14,15);1H. The molecule has 0 spiro atoms. The molecule has 0 atom stereocenters. The third-order valence-electron chi connectivity index (χ3n) is 3.09. The Morgan fingerprint density at radius 1 is 1.56 bits per heavy atom. The van der Waals surface area contributed by atoms with Crippen molar-refractivity contribution in [2.75, 3.05) is 13.1 Å². The molecule has 0 bridgehead atoms. The second-order valence-corrected chi connectivity index (χ2v) is 5.57. The molecule has 102 valence electrons. The van der Waals surface area contributed by atoms with E-state index in [1.807, 2.05) is 6.07 Å². The number of hydrogen-bond acceptors (Lipinski definition) is 3. The fourth-order valence-electron chi connectivity index (χ4n) is 1.80. The minimum absolute atomic E-state index is 0. The highest BCUT2D eigenvalue weighted by Crippen LogP contribution is 2.31. The van der Waals surface area contributed by atoms with Crippen LogP contribution in [0.5, 0.6) is 0 Å². The topological polar surface area (TPSA) is 70.6 Å². The SMILES string of the molecule is I.NC(=NCC1(O)CCC1)NCCc1cccs1. The van der Waals surface area contributed by atoms with Crippen LogP contribution in [0, 0.1) is 0 Å². The van der Waals surface area contributed by atoms with Crippen LogP contribution in [-0.4, -0.2) is 29.8 Å². The minimum atomic E-state index is -0.583. The number of guanidine groups is 1. The zero-order chi connectivity index (χ0) is 12.1. The van der Waals surface area contributed by atoms with E-state index in [1.165, 1.54) is 4.88 Å². The maximum Gasteiger partial charge on any atom is 0.188 e. The van der Waals surface area contributed by atoms with E-state index in [2.05, 4.69) is 21.8 Å². The quantitative estimate of drug-likeness (QED) is 0.413. The second kappa shape index (κ2) is 7.30. The highest BCUT2D eigenvalue weighted by Gasteiger charge is 2.33. The van der Waals surface area contributed by atoms with Gasteiger partial charge in [-0.2, -0.15) is 0 Å². The van der Waals surface area contributed by atoms with Gasteiger partial charge in [-0.05, 0) is 37.1 Å². The zero-order valence-electron chi connectivity index (χ0n) is 10.3. The van der Waals surface area contributed by atoms with Gasteiger partial charge >= 0.3 is 0 Å². The van der Waals surface area contributed by atoms with Gasteiger partial charge in [-0.3, -0.25) is 4.99 Å². The monoisotopic (exact) mass is 381 g/mol. The second-order valence-electron chi connectivity index (χ2n) is 4.54. The lowest BCUT2D eigenvalue weighted by molar-refractivity contribution is -0.0235. The van der Waals surface area contributed by atoms with Crippen molar-refractivity contribution in [3.8, 4) is 0 Å². The van der Waals surface area contributed by atoms with E-state index >= 15 is 0 Å². The van der Waals surface area contributed by atoms with Gasteiger partial charge in [-0.1, -0.05) is 6.07 Å². The number of aliphatic hydroxyl groups is 1. The molecular weight excluding hydrogens is 361 g/mol. The first-order chi connectivity index (χ1) is 8.18. The number of hydrogen-bond donors (Lipinski definition) is 3. The molecule has 18 heavy (non-hydrogen) atoms. The molecule has 0 saturated heterocycles. The molecule has 1 aliphatic rings. The Hall–Kier alpha value is -0.340. The number of thiophene rings is 1. The normalized spacial score (nSPS) is 17.7. The maximum absolute atomic E-state index is 9.85. The summed E-state index contributed by atoms with van der Waals surface area (Å²) in [6, 6.07) is 4.15. The third-order valence-corrected chi connectivity index (χ3v) is 4.02. The Morgan fingerprint density at radius 3 is 2.89 bits per heavy atom. The van der Waals surface area contributed by atoms with Crippen molar-refractivity contribution >= 4 is 41.3 Å². The first-order valence-corrected chi connectivity index (χ1v) is 6.84. The summed E-state index contributed by atoms with van der Waals surface area (Å²) < 4.78 is 0. The molecule has 0 unspecified atom stereocenters. The highest BCUT2D eigenvalue weighted by atomic mass is 127. The minimum Gasteiger partial charge on any atom is -0.388 e. The van der Waals surface area contributed by atoms with Crippen LogP contribution in [-0.2, 0) is 6.42 Å². The molecule has 0 aliphatic heterocycles. The molecule has 1 aliphatic carbocycles. The summed E-state index contributed by atoms with van der Waals surface area (Å²) in [6.07, 6.45) is 3.74. The number of rotatable bonds is 5. The Bertz CT molecular complexity index is 377. The van der Waals surface area contributed by atoms with E-state index in [0.717, 1.165) is 32.2 Å². The first kappa shape index (κ1) is 15.7. The van der Waals surface area contributed by atoms with Gasteiger partial charge in [-0.15, -0.1) is 35.3 Å². The predicted octanol–water partition coefficient (Wildman–Crippen LogP) is 1.73. The number of nitrogens with zero attached hydrogens (tertiary/aromatic N) is 1. The van der Waals surface area contributed by atoms with Gasteiger partial charge in [0.2, 0.25) is 0 Å². The summed E-state index contributed by atoms with van der Waals surface area (Å²) in [5.74, 6) is 0.432. The van der Waals surface area contributed by atoms with Gasteiger partial charge in [0.05, 0.1) is 12.1 Å². The van der Waals surface area contributed by atoms with Gasteiger partial charge in [0.1, 0.15) is 0 Å². The Morgan fingerprint density at radius 2 is 2.33 bits per heavy atom. The lowest BCUT2D eigenvalue weighted by Gasteiger charge is -2.34. The third kappa shape index (κ3) is 4.74. The van der Waals surface area contributed by atoms with E-state index < -0.39 is 5.60 Å². The van der Waals surface area contributed by atoms with Crippen molar-refractivity contribution in [2.45, 2.75) is 31.3 Å². The fraction of sp³-hybridized carbons (Fsp3) is 0.583. The molecule has 1 aromatic rings. The summed E-state index contributed by atoms with van der Waals surface area (Å²) in [5.41, 5.74) is 5.15. The number of halogens is 1. The van der Waals surface area contributed by atoms with E-state index in [4.69, 9.17) is 5.73 Å². The summed E-state index contributed by atoms with van der Waals surface area (Å²) in [6.45, 7) is 1.21. The number of aliphatic imine (C=N–C) groups is 1. The van der Waals surface area contributed by atoms with Crippen molar-refractivity contribution in [3.63, 3.8) is 0 Å². The Kier molecular flexibility index (Phi) is 6.37. The van der Waals surface area contributed by atoms with Gasteiger partial charge in [0, 0.05) is 11.4 Å². The maximum atomic E-state index is 9.85. The molecule has 1 fully saturated rings. The molecular formula is C12H20IN3OS. The van der Waals surface area contributed by atoms with Gasteiger partial charge in [0.15, 0.2) is 5.96 Å². The van der Waals surface area contributed by atoms with E-state index in [1.54, 1.807) is 11.3 Å². The molecule has 0 radical (unpaired) electrons. The van der Waals surface area contributed by atoms with Crippen LogP contribution in [0.15, 0.2) is 22.5 Å². The lowest BCUT2D eigenvalue weighted by Crippen LogP contribution is -2.42. The van der Waals surface area contributed by atoms with Crippen LogP contribution in [0.3, 0.4) is 0 Å². The van der Waals surface area contributed by atoms with Crippen molar-refractivity contribution in [1.82, 2.24) is 5.32 Å². The van der Waals surface area contributed by atoms with Gasteiger partial charge in [0.25, 0.3) is 0 Å². The van der Waals surface area contributed by atoms with Crippen LogP contribution >= 0.6 is 35.3 Å². The van der Waals surface area contributed by atoms with Crippen molar-refractivity contribution in [1.29, 1.82) is 0 Å². The molecule has 0 amide bonds. The first-order valence-electron chi connectivity index (χ1n) is 5.97. The average molecular weight is 381 g/mol. The van der Waals surface area contributed by atoms with Gasteiger partial charge < -0.3 is 16.2 Å². The summed E-state index contributed by atoms with van der Waals surface area (Å²) >= 11 is 1.74. The van der Waals surface area contributed by atoms with Crippen LogP contribution < -0.4 is 11.1 Å². The predicted molar refractivity (Wildman–Crippen MR) is 86.7 cm³/mol. The van der Waals surface area contributed by atoms with Gasteiger partial charge in [-0.25, -0.2) is 0 Å². The number of nitrogens with one attached hydrogen (secondary N) is 1. The summed E-state index contributed by atoms with van der Waals surface area (Å²) in [5, 5.41) is 15.0. The van der Waals surface area contributed by atoms with E-state index in [9.17, 15) is 5.11 Å². The number of nitrogens with two attached hydrogens (primary N) is 1. The molecule has 1 saturated carbocycles. The molecule has 0 aromatic carbocycles. The van der Waals surface area contributed by atoms with Crippen LogP contribution in [0.1, 0.15) is 24.1 Å². The van der Waals surface area contributed by atoms with Crippen LogP contribution in [0.4, 0.5) is 0 Å². The van der Waals surface area contributed by atoms with Crippen molar-refractivity contribution < 1.29 is 5.11 Å². The van der Waals surface area contributed by atoms with Crippen LogP contribution in [0.25, 0.3) is 0 Å². The molecule has 4 nitrogen and oxygen atoms in total.